The first-order valence-electron chi connectivity index (χ1n) is 13.9. The minimum atomic E-state index is -4.76. The number of nitrogens with one attached hydrogen (secondary N) is 1. The van der Waals surface area contributed by atoms with Crippen molar-refractivity contribution in [3.8, 4) is 22.8 Å². The molecule has 1 N–H and O–H groups in total. The van der Waals surface area contributed by atoms with Crippen molar-refractivity contribution in [3.63, 3.8) is 0 Å². The molecule has 0 spiro atoms. The number of aryl methyl sites for hydroxylation is 1. The highest BCUT2D eigenvalue weighted by atomic mass is 32.2. The van der Waals surface area contributed by atoms with Crippen LogP contribution in [-0.4, -0.2) is 50.8 Å². The number of alkyl halides is 3. The highest BCUT2D eigenvalue weighted by Crippen LogP contribution is 2.33. The van der Waals surface area contributed by atoms with Crippen LogP contribution in [-0.2, 0) is 0 Å². The van der Waals surface area contributed by atoms with Crippen LogP contribution in [0, 0.1) is 6.92 Å². The largest absolute Gasteiger partial charge is 0.573 e. The van der Waals surface area contributed by atoms with Gasteiger partial charge in [-0.1, -0.05) is 62.0 Å². The first-order chi connectivity index (χ1) is 21.1. The van der Waals surface area contributed by atoms with Crippen molar-refractivity contribution in [2.45, 2.75) is 39.5 Å². The van der Waals surface area contributed by atoms with Crippen molar-refractivity contribution >= 4 is 34.9 Å². The van der Waals surface area contributed by atoms with Crippen molar-refractivity contribution in [1.82, 2.24) is 20.2 Å². The van der Waals surface area contributed by atoms with Gasteiger partial charge in [0.15, 0.2) is 11.0 Å². The molecule has 0 atom stereocenters. The number of urea groups is 1. The lowest BCUT2D eigenvalue weighted by Gasteiger charge is -2.32. The zero-order valence-corrected chi connectivity index (χ0v) is 25.1. The second kappa shape index (κ2) is 13.3. The van der Waals surface area contributed by atoms with Crippen molar-refractivity contribution in [2.75, 3.05) is 17.2 Å². The van der Waals surface area contributed by atoms with Gasteiger partial charge < -0.3 is 9.64 Å². The van der Waals surface area contributed by atoms with E-state index >= 15 is 0 Å². The van der Waals surface area contributed by atoms with Gasteiger partial charge in [-0.15, -0.1) is 18.3 Å². The summed E-state index contributed by atoms with van der Waals surface area (Å²) in [6.07, 6.45) is -0.777. The fourth-order valence-corrected chi connectivity index (χ4v) is 5.51. The Morgan fingerprint density at radius 2 is 1.84 bits per heavy atom. The number of benzene rings is 3. The predicted molar refractivity (Wildman–Crippen MR) is 167 cm³/mol. The summed E-state index contributed by atoms with van der Waals surface area (Å²) < 4.78 is 42.6. The van der Waals surface area contributed by atoms with Crippen LogP contribution in [0.15, 0.2) is 83.2 Å². The van der Waals surface area contributed by atoms with Crippen LogP contribution in [0.4, 0.5) is 23.7 Å². The molecule has 0 saturated carbocycles. The number of aromatic nitrogens is 3. The summed E-state index contributed by atoms with van der Waals surface area (Å²) >= 11 is 1.56. The summed E-state index contributed by atoms with van der Waals surface area (Å²) in [6.45, 7) is 7.15. The summed E-state index contributed by atoms with van der Waals surface area (Å²) in [5, 5.41) is 9.12. The van der Waals surface area contributed by atoms with Gasteiger partial charge in [0.2, 0.25) is 0 Å². The van der Waals surface area contributed by atoms with Crippen molar-refractivity contribution < 1.29 is 22.7 Å². The number of carbonyl (C=O) groups is 1. The monoisotopic (exact) mass is 621 g/mol. The summed E-state index contributed by atoms with van der Waals surface area (Å²) in [4.78, 5) is 23.4. The minimum Gasteiger partial charge on any atom is -0.406 e. The molecular formula is C31H30F3N7O2S. The van der Waals surface area contributed by atoms with Crippen LogP contribution < -0.4 is 15.1 Å². The Labute approximate surface area is 256 Å². The number of rotatable bonds is 7. The fourth-order valence-electron chi connectivity index (χ4n) is 4.56. The molecule has 5 rings (SSSR count). The van der Waals surface area contributed by atoms with E-state index in [9.17, 15) is 18.0 Å². The Hall–Kier alpha value is -4.65. The first kappa shape index (κ1) is 30.8. The maximum atomic E-state index is 12.7. The summed E-state index contributed by atoms with van der Waals surface area (Å²) in [5.74, 6) is 1.33. The molecule has 1 fully saturated rings. The van der Waals surface area contributed by atoms with Crippen LogP contribution in [0.5, 0.6) is 5.75 Å². The molecule has 2 amide bonds. The standard InChI is InChI=1S/C31H30F3N7O2S/c1-20(2)26-14-5-21(3)17-27(26)40-15-4-16-44-30(40)37-29(42)38-36-18-22-6-8-23(9-7-22)28-35-19-41(39-28)24-10-12-25(13-11-24)43-31(32,33)34/h5-14,17-20H,4,15-16H2,1-3H3,(H,38,42)/b36-18+,37-30?. The van der Waals surface area contributed by atoms with E-state index in [1.54, 1.807) is 36.0 Å². The van der Waals surface area contributed by atoms with Crippen molar-refractivity contribution in [1.29, 1.82) is 0 Å². The SMILES string of the molecule is Cc1ccc(C(C)C)c(N2CCCSC2=NC(=O)N/N=C/c2ccc(-c3ncn(-c4ccc(OC(F)(F)F)cc4)n3)cc2)c1. The lowest BCUT2D eigenvalue weighted by atomic mass is 9.98. The average molecular weight is 622 g/mol. The molecule has 3 aromatic carbocycles. The van der Waals surface area contributed by atoms with Crippen LogP contribution in [0.2, 0.25) is 0 Å². The van der Waals surface area contributed by atoms with Crippen LogP contribution >= 0.6 is 11.8 Å². The minimum absolute atomic E-state index is 0.320. The molecule has 1 aliphatic rings. The van der Waals surface area contributed by atoms with Gasteiger partial charge in [0.1, 0.15) is 12.1 Å². The molecule has 0 unspecified atom stereocenters. The Morgan fingerprint density at radius 1 is 1.09 bits per heavy atom. The lowest BCUT2D eigenvalue weighted by molar-refractivity contribution is -0.274. The van der Waals surface area contributed by atoms with Gasteiger partial charge in [-0.25, -0.2) is 19.9 Å². The molecule has 228 valence electrons. The Balaban J connectivity index is 1.21. The first-order valence-corrected chi connectivity index (χ1v) is 14.9. The number of amidine groups is 1. The maximum Gasteiger partial charge on any atom is 0.573 e. The van der Waals surface area contributed by atoms with Gasteiger partial charge in [-0.05, 0) is 66.3 Å². The normalized spacial score (nSPS) is 14.9. The van der Waals surface area contributed by atoms with Crippen molar-refractivity contribution in [3.05, 3.63) is 89.7 Å². The lowest BCUT2D eigenvalue weighted by Crippen LogP contribution is -2.36. The van der Waals surface area contributed by atoms with E-state index in [-0.39, 0.29) is 5.75 Å². The zero-order chi connectivity index (χ0) is 31.3. The number of hydrogen-bond donors (Lipinski definition) is 1. The van der Waals surface area contributed by atoms with E-state index in [1.165, 1.54) is 47.1 Å². The van der Waals surface area contributed by atoms with E-state index in [0.717, 1.165) is 41.1 Å². The fraction of sp³-hybridized carbons (Fsp3) is 0.258. The topological polar surface area (TPSA) is 97.0 Å². The van der Waals surface area contributed by atoms with E-state index in [2.05, 4.69) is 74.2 Å². The van der Waals surface area contributed by atoms with E-state index < -0.39 is 12.4 Å². The zero-order valence-electron chi connectivity index (χ0n) is 24.2. The second-order valence-corrected chi connectivity index (χ2v) is 11.4. The number of carbonyl (C=O) groups excluding carboxylic acids is 1. The number of hydrogen-bond acceptors (Lipinski definition) is 6. The Bertz CT molecular complexity index is 1670. The van der Waals surface area contributed by atoms with Crippen LogP contribution in [0.25, 0.3) is 17.1 Å². The molecule has 1 aromatic heterocycles. The van der Waals surface area contributed by atoms with Crippen LogP contribution in [0.3, 0.4) is 0 Å². The number of thioether (sulfide) groups is 1. The number of anilines is 1. The molecule has 0 bridgehead atoms. The van der Waals surface area contributed by atoms with Gasteiger partial charge in [0, 0.05) is 23.5 Å². The smallest absolute Gasteiger partial charge is 0.406 e. The number of aliphatic imine (C=N–C) groups is 1. The van der Waals surface area contributed by atoms with Crippen LogP contribution in [0.1, 0.15) is 42.9 Å². The predicted octanol–water partition coefficient (Wildman–Crippen LogP) is 7.31. The molecular weight excluding hydrogens is 591 g/mol. The Kier molecular flexibility index (Phi) is 9.33. The number of nitrogens with zero attached hydrogens (tertiary/aromatic N) is 6. The molecule has 44 heavy (non-hydrogen) atoms. The van der Waals surface area contributed by atoms with Gasteiger partial charge in [-0.3, -0.25) is 0 Å². The highest BCUT2D eigenvalue weighted by Gasteiger charge is 2.31. The third-order valence-electron chi connectivity index (χ3n) is 6.65. The summed E-state index contributed by atoms with van der Waals surface area (Å²) in [6, 6.07) is 18.3. The molecule has 9 nitrogen and oxygen atoms in total. The van der Waals surface area contributed by atoms with Gasteiger partial charge >= 0.3 is 12.4 Å². The molecule has 1 saturated heterocycles. The number of amides is 2. The molecule has 13 heteroatoms. The highest BCUT2D eigenvalue weighted by molar-refractivity contribution is 8.14. The quantitative estimate of drug-likeness (QED) is 0.172. The molecule has 2 heterocycles. The third kappa shape index (κ3) is 7.84. The summed E-state index contributed by atoms with van der Waals surface area (Å²) in [7, 11) is 0. The van der Waals surface area contributed by atoms with Crippen molar-refractivity contribution in [2.24, 2.45) is 10.1 Å². The molecule has 4 aromatic rings. The number of hydrazone groups is 1. The molecule has 1 aliphatic heterocycles. The number of ether oxygens (including phenoxy) is 1. The maximum absolute atomic E-state index is 12.7. The van der Waals surface area contributed by atoms with Gasteiger partial charge in [0.25, 0.3) is 0 Å². The Morgan fingerprint density at radius 3 is 2.55 bits per heavy atom. The molecule has 0 aliphatic carbocycles. The van der Waals surface area contributed by atoms with E-state index in [0.29, 0.717) is 22.6 Å². The third-order valence-corrected chi connectivity index (χ3v) is 7.72. The van der Waals surface area contributed by atoms with Gasteiger partial charge in [-0.2, -0.15) is 10.1 Å². The van der Waals surface area contributed by atoms with E-state index in [4.69, 9.17) is 0 Å². The summed E-state index contributed by atoms with van der Waals surface area (Å²) in [5.41, 5.74) is 7.91. The number of halogens is 3. The average Bonchev–Trinajstić information content (AvgIpc) is 3.48. The second-order valence-electron chi connectivity index (χ2n) is 10.3. The molecule has 0 radical (unpaired) electrons. The van der Waals surface area contributed by atoms with E-state index in [1.807, 2.05) is 0 Å². The van der Waals surface area contributed by atoms with Gasteiger partial charge in [0.05, 0.1) is 11.9 Å².